The van der Waals surface area contributed by atoms with Crippen LogP contribution in [0.4, 0.5) is 0 Å². The highest BCUT2D eigenvalue weighted by atomic mass is 16.5. The molecule has 1 heterocycles. The first-order valence-corrected chi connectivity index (χ1v) is 5.67. The van der Waals surface area contributed by atoms with E-state index in [0.29, 0.717) is 18.2 Å². The van der Waals surface area contributed by atoms with Crippen molar-refractivity contribution in [3.8, 4) is 0 Å². The molecule has 3 atom stereocenters. The highest BCUT2D eigenvalue weighted by Crippen LogP contribution is 2.19. The van der Waals surface area contributed by atoms with Crippen LogP contribution in [-0.2, 0) is 4.74 Å². The van der Waals surface area contributed by atoms with Crippen LogP contribution in [-0.4, -0.2) is 43.3 Å². The van der Waals surface area contributed by atoms with Crippen molar-refractivity contribution in [2.24, 2.45) is 5.73 Å². The van der Waals surface area contributed by atoms with Gasteiger partial charge in [0.15, 0.2) is 0 Å². The molecule has 1 aliphatic heterocycles. The van der Waals surface area contributed by atoms with Crippen LogP contribution in [0.2, 0.25) is 0 Å². The Morgan fingerprint density at radius 1 is 1.50 bits per heavy atom. The highest BCUT2D eigenvalue weighted by Gasteiger charge is 2.22. The summed E-state index contributed by atoms with van der Waals surface area (Å²) >= 11 is 0. The molecular formula is C11H24N2O. The SMILES string of the molecule is CC(N)CCN(C)CC1CCC(C)O1. The second-order valence-electron chi connectivity index (χ2n) is 4.67. The molecule has 0 aliphatic carbocycles. The monoisotopic (exact) mass is 200 g/mol. The van der Waals surface area contributed by atoms with E-state index in [4.69, 9.17) is 10.5 Å². The Labute approximate surface area is 87.6 Å². The third kappa shape index (κ3) is 4.40. The molecule has 84 valence electrons. The highest BCUT2D eigenvalue weighted by molar-refractivity contribution is 4.73. The van der Waals surface area contributed by atoms with Crippen LogP contribution < -0.4 is 5.73 Å². The van der Waals surface area contributed by atoms with Gasteiger partial charge in [-0.1, -0.05) is 0 Å². The van der Waals surface area contributed by atoms with Crippen molar-refractivity contribution >= 4 is 0 Å². The lowest BCUT2D eigenvalue weighted by Crippen LogP contribution is -2.32. The molecule has 1 rings (SSSR count). The summed E-state index contributed by atoms with van der Waals surface area (Å²) in [6.45, 7) is 6.34. The molecule has 0 aromatic rings. The summed E-state index contributed by atoms with van der Waals surface area (Å²) in [5, 5.41) is 0. The zero-order valence-electron chi connectivity index (χ0n) is 9.70. The topological polar surface area (TPSA) is 38.5 Å². The van der Waals surface area contributed by atoms with Crippen molar-refractivity contribution in [3.05, 3.63) is 0 Å². The minimum Gasteiger partial charge on any atom is -0.374 e. The summed E-state index contributed by atoms with van der Waals surface area (Å²) in [6, 6.07) is 0.306. The van der Waals surface area contributed by atoms with Crippen LogP contribution in [0.15, 0.2) is 0 Å². The van der Waals surface area contributed by atoms with Crippen LogP contribution in [0.25, 0.3) is 0 Å². The van der Waals surface area contributed by atoms with Crippen LogP contribution in [0.3, 0.4) is 0 Å². The number of likely N-dealkylation sites (N-methyl/N-ethyl adjacent to an activating group) is 1. The van der Waals surface area contributed by atoms with E-state index < -0.39 is 0 Å². The number of rotatable bonds is 5. The van der Waals surface area contributed by atoms with Crippen molar-refractivity contribution in [1.29, 1.82) is 0 Å². The van der Waals surface area contributed by atoms with E-state index in [-0.39, 0.29) is 0 Å². The number of nitrogens with zero attached hydrogens (tertiary/aromatic N) is 1. The number of ether oxygens (including phenoxy) is 1. The first-order valence-electron chi connectivity index (χ1n) is 5.67. The van der Waals surface area contributed by atoms with Gasteiger partial charge in [0.1, 0.15) is 0 Å². The van der Waals surface area contributed by atoms with Crippen LogP contribution in [0.1, 0.15) is 33.1 Å². The lowest BCUT2D eigenvalue weighted by molar-refractivity contribution is 0.0361. The van der Waals surface area contributed by atoms with E-state index in [1.807, 2.05) is 0 Å². The van der Waals surface area contributed by atoms with E-state index in [2.05, 4.69) is 25.8 Å². The maximum atomic E-state index is 5.77. The molecule has 0 bridgehead atoms. The molecule has 0 saturated carbocycles. The minimum absolute atomic E-state index is 0.306. The van der Waals surface area contributed by atoms with Crippen LogP contribution >= 0.6 is 0 Å². The van der Waals surface area contributed by atoms with Gasteiger partial charge in [0.25, 0.3) is 0 Å². The van der Waals surface area contributed by atoms with Gasteiger partial charge in [-0.15, -0.1) is 0 Å². The molecule has 14 heavy (non-hydrogen) atoms. The Morgan fingerprint density at radius 2 is 2.21 bits per heavy atom. The van der Waals surface area contributed by atoms with E-state index >= 15 is 0 Å². The lowest BCUT2D eigenvalue weighted by atomic mass is 10.2. The lowest BCUT2D eigenvalue weighted by Gasteiger charge is -2.21. The van der Waals surface area contributed by atoms with Gasteiger partial charge in [-0.2, -0.15) is 0 Å². The molecule has 0 aromatic heterocycles. The molecule has 0 amide bonds. The maximum absolute atomic E-state index is 5.77. The summed E-state index contributed by atoms with van der Waals surface area (Å²) in [6.07, 6.45) is 4.40. The molecule has 1 aliphatic rings. The minimum atomic E-state index is 0.306. The van der Waals surface area contributed by atoms with Gasteiger partial charge in [0, 0.05) is 12.6 Å². The van der Waals surface area contributed by atoms with Gasteiger partial charge < -0.3 is 15.4 Å². The fourth-order valence-electron chi connectivity index (χ4n) is 1.88. The number of nitrogens with two attached hydrogens (primary N) is 1. The summed E-state index contributed by atoms with van der Waals surface area (Å²) in [5.74, 6) is 0. The molecule has 0 aromatic carbocycles. The first kappa shape index (κ1) is 12.0. The summed E-state index contributed by atoms with van der Waals surface area (Å²) < 4.78 is 5.77. The molecule has 3 heteroatoms. The summed E-state index contributed by atoms with van der Waals surface area (Å²) in [7, 11) is 2.15. The first-order chi connectivity index (χ1) is 6.58. The quantitative estimate of drug-likeness (QED) is 0.725. The predicted molar refractivity (Wildman–Crippen MR) is 59.3 cm³/mol. The second-order valence-corrected chi connectivity index (χ2v) is 4.67. The van der Waals surface area contributed by atoms with E-state index in [1.54, 1.807) is 0 Å². The predicted octanol–water partition coefficient (Wildman–Crippen LogP) is 1.22. The Kier molecular flexibility index (Phi) is 4.85. The smallest absolute Gasteiger partial charge is 0.0706 e. The van der Waals surface area contributed by atoms with Gasteiger partial charge in [-0.05, 0) is 46.7 Å². The fraction of sp³-hybridized carbons (Fsp3) is 1.00. The molecule has 3 unspecified atom stereocenters. The van der Waals surface area contributed by atoms with Crippen molar-refractivity contribution in [3.63, 3.8) is 0 Å². The Balaban J connectivity index is 2.10. The molecule has 0 spiro atoms. The maximum Gasteiger partial charge on any atom is 0.0706 e. The van der Waals surface area contributed by atoms with Crippen molar-refractivity contribution in [1.82, 2.24) is 4.90 Å². The molecule has 3 nitrogen and oxygen atoms in total. The largest absolute Gasteiger partial charge is 0.374 e. The summed E-state index contributed by atoms with van der Waals surface area (Å²) in [4.78, 5) is 2.33. The van der Waals surface area contributed by atoms with Gasteiger partial charge >= 0.3 is 0 Å². The second kappa shape index (κ2) is 5.69. The Morgan fingerprint density at radius 3 is 2.71 bits per heavy atom. The average molecular weight is 200 g/mol. The van der Waals surface area contributed by atoms with Crippen molar-refractivity contribution in [2.75, 3.05) is 20.1 Å². The number of hydrogen-bond donors (Lipinski definition) is 1. The van der Waals surface area contributed by atoms with Gasteiger partial charge in [-0.25, -0.2) is 0 Å². The van der Waals surface area contributed by atoms with Gasteiger partial charge in [0.05, 0.1) is 12.2 Å². The zero-order chi connectivity index (χ0) is 10.6. The van der Waals surface area contributed by atoms with Crippen LogP contribution in [0, 0.1) is 0 Å². The molecular weight excluding hydrogens is 176 g/mol. The molecule has 0 radical (unpaired) electrons. The Hall–Kier alpha value is -0.120. The molecule has 1 fully saturated rings. The van der Waals surface area contributed by atoms with E-state index in [9.17, 15) is 0 Å². The normalized spacial score (nSPS) is 29.8. The van der Waals surface area contributed by atoms with E-state index in [1.165, 1.54) is 12.8 Å². The summed E-state index contributed by atoms with van der Waals surface area (Å²) in [5.41, 5.74) is 5.71. The van der Waals surface area contributed by atoms with E-state index in [0.717, 1.165) is 19.5 Å². The molecule has 2 N–H and O–H groups in total. The fourth-order valence-corrected chi connectivity index (χ4v) is 1.88. The standard InChI is InChI=1S/C11H24N2O/c1-9(12)6-7-13(3)8-11-5-4-10(2)14-11/h9-11H,4-8,12H2,1-3H3. The van der Waals surface area contributed by atoms with Crippen molar-refractivity contribution < 1.29 is 4.74 Å². The third-order valence-electron chi connectivity index (χ3n) is 2.80. The third-order valence-corrected chi connectivity index (χ3v) is 2.80. The van der Waals surface area contributed by atoms with Crippen LogP contribution in [0.5, 0.6) is 0 Å². The Bertz CT molecular complexity index is 161. The van der Waals surface area contributed by atoms with Gasteiger partial charge in [-0.3, -0.25) is 0 Å². The molecule has 1 saturated heterocycles. The van der Waals surface area contributed by atoms with Crippen molar-refractivity contribution in [2.45, 2.75) is 51.4 Å². The van der Waals surface area contributed by atoms with Gasteiger partial charge in [0.2, 0.25) is 0 Å². The zero-order valence-corrected chi connectivity index (χ0v) is 9.70. The number of hydrogen-bond acceptors (Lipinski definition) is 3. The average Bonchev–Trinajstić information content (AvgIpc) is 2.48.